The van der Waals surface area contributed by atoms with Crippen molar-refractivity contribution >= 4 is 0 Å². The molecule has 0 heteroatoms. The quantitative estimate of drug-likeness (QED) is 0.567. The largest absolute Gasteiger partial charge is 0.0622 e. The Bertz CT molecular complexity index is 256. The van der Waals surface area contributed by atoms with E-state index in [1.54, 1.807) is 11.5 Å². The molecule has 0 unspecified atom stereocenters. The van der Waals surface area contributed by atoms with Crippen molar-refractivity contribution < 1.29 is 0 Å². The summed E-state index contributed by atoms with van der Waals surface area (Å²) in [6, 6.07) is 11.0. The minimum absolute atomic E-state index is 0.622. The summed E-state index contributed by atoms with van der Waals surface area (Å²) in [5.41, 5.74) is 2.19. The highest BCUT2D eigenvalue weighted by atomic mass is 14.6. The minimum atomic E-state index is 0.622. The predicted molar refractivity (Wildman–Crippen MR) is 45.2 cm³/mol. The van der Waals surface area contributed by atoms with E-state index in [-0.39, 0.29) is 0 Å². The first kappa shape index (κ1) is 5.82. The van der Waals surface area contributed by atoms with Crippen molar-refractivity contribution in [2.75, 3.05) is 0 Å². The molecule has 0 nitrogen and oxygen atoms in total. The lowest BCUT2D eigenvalue weighted by Crippen LogP contribution is -2.53. The molecule has 1 aromatic rings. The van der Waals surface area contributed by atoms with Crippen LogP contribution < -0.4 is 0 Å². The molecule has 0 atom stereocenters. The fourth-order valence-electron chi connectivity index (χ4n) is 2.38. The molecule has 1 radical (unpaired) electrons. The Hall–Kier alpha value is -0.780. The van der Waals surface area contributed by atoms with E-state index in [9.17, 15) is 0 Å². The maximum Gasteiger partial charge on any atom is -0.00305 e. The zero-order valence-corrected chi connectivity index (χ0v) is 6.51. The van der Waals surface area contributed by atoms with E-state index in [0.717, 1.165) is 0 Å². The van der Waals surface area contributed by atoms with Gasteiger partial charge in [0.15, 0.2) is 0 Å². The number of rotatable bonds is 1. The SMILES string of the molecule is c1ccc(C23C[C](C2)C3)cc1. The van der Waals surface area contributed by atoms with Gasteiger partial charge in [0.25, 0.3) is 0 Å². The normalized spacial score (nSPS) is 25.5. The van der Waals surface area contributed by atoms with Crippen LogP contribution in [0, 0.1) is 5.92 Å². The smallest absolute Gasteiger partial charge is 0.00305 e. The summed E-state index contributed by atoms with van der Waals surface area (Å²) in [6.45, 7) is 0. The molecule has 1 aromatic carbocycles. The molecule has 3 aliphatic rings. The molecule has 4 rings (SSSR count). The van der Waals surface area contributed by atoms with Crippen LogP contribution in [0.2, 0.25) is 0 Å². The number of benzene rings is 1. The third kappa shape index (κ3) is 0.604. The Morgan fingerprint density at radius 2 is 1.55 bits per heavy atom. The van der Waals surface area contributed by atoms with E-state index in [0.29, 0.717) is 5.41 Å². The van der Waals surface area contributed by atoms with Crippen molar-refractivity contribution in [1.29, 1.82) is 0 Å². The fourth-order valence-corrected chi connectivity index (χ4v) is 2.38. The lowest BCUT2D eigenvalue weighted by Gasteiger charge is -2.61. The molecular weight excluding hydrogens is 132 g/mol. The average Bonchev–Trinajstić information content (AvgIpc) is 1.83. The zero-order valence-electron chi connectivity index (χ0n) is 6.51. The van der Waals surface area contributed by atoms with Crippen LogP contribution in [-0.2, 0) is 5.41 Å². The molecule has 0 spiro atoms. The second kappa shape index (κ2) is 1.69. The molecule has 3 saturated carbocycles. The highest BCUT2D eigenvalue weighted by molar-refractivity contribution is 5.43. The summed E-state index contributed by atoms with van der Waals surface area (Å²) in [5.74, 6) is 1.79. The van der Waals surface area contributed by atoms with Gasteiger partial charge in [-0.2, -0.15) is 0 Å². The Morgan fingerprint density at radius 3 is 2.00 bits per heavy atom. The molecular formula is C11H11. The maximum atomic E-state index is 2.27. The van der Waals surface area contributed by atoms with Crippen molar-refractivity contribution in [2.24, 2.45) is 0 Å². The summed E-state index contributed by atoms with van der Waals surface area (Å²) in [4.78, 5) is 0. The molecule has 0 amide bonds. The van der Waals surface area contributed by atoms with E-state index < -0.39 is 0 Å². The number of hydrogen-bond acceptors (Lipinski definition) is 0. The first-order valence-electron chi connectivity index (χ1n) is 4.28. The molecule has 0 N–H and O–H groups in total. The fraction of sp³-hybridized carbons (Fsp3) is 0.364. The van der Waals surface area contributed by atoms with Gasteiger partial charge < -0.3 is 0 Å². The van der Waals surface area contributed by atoms with Crippen molar-refractivity contribution in [3.8, 4) is 0 Å². The van der Waals surface area contributed by atoms with Gasteiger partial charge in [-0.15, -0.1) is 0 Å². The molecule has 2 bridgehead atoms. The van der Waals surface area contributed by atoms with E-state index in [4.69, 9.17) is 0 Å². The highest BCUT2D eigenvalue weighted by Crippen LogP contribution is 2.66. The Morgan fingerprint density at radius 1 is 0.909 bits per heavy atom. The van der Waals surface area contributed by atoms with Gasteiger partial charge in [0.1, 0.15) is 0 Å². The maximum absolute atomic E-state index is 2.27. The van der Waals surface area contributed by atoms with Gasteiger partial charge in [-0.3, -0.25) is 0 Å². The van der Waals surface area contributed by atoms with Crippen LogP contribution in [0.4, 0.5) is 0 Å². The van der Waals surface area contributed by atoms with E-state index in [1.165, 1.54) is 19.3 Å². The molecule has 55 valence electrons. The topological polar surface area (TPSA) is 0 Å². The summed E-state index contributed by atoms with van der Waals surface area (Å²) in [7, 11) is 0. The Kier molecular flexibility index (Phi) is 0.892. The first-order valence-corrected chi connectivity index (χ1v) is 4.28. The minimum Gasteiger partial charge on any atom is -0.0622 e. The van der Waals surface area contributed by atoms with E-state index in [2.05, 4.69) is 30.3 Å². The molecule has 0 aromatic heterocycles. The van der Waals surface area contributed by atoms with Crippen molar-refractivity contribution in [1.82, 2.24) is 0 Å². The summed E-state index contributed by atoms with van der Waals surface area (Å²) in [5, 5.41) is 0. The van der Waals surface area contributed by atoms with Crippen LogP contribution in [-0.4, -0.2) is 0 Å². The third-order valence-corrected chi connectivity index (χ3v) is 3.15. The van der Waals surface area contributed by atoms with E-state index in [1.807, 2.05) is 0 Å². The van der Waals surface area contributed by atoms with Crippen molar-refractivity contribution in [2.45, 2.75) is 24.7 Å². The molecule has 11 heavy (non-hydrogen) atoms. The van der Waals surface area contributed by atoms with Gasteiger partial charge in [-0.25, -0.2) is 0 Å². The van der Waals surface area contributed by atoms with Gasteiger partial charge >= 0.3 is 0 Å². The van der Waals surface area contributed by atoms with Crippen LogP contribution >= 0.6 is 0 Å². The van der Waals surface area contributed by atoms with Crippen LogP contribution in [0.25, 0.3) is 0 Å². The van der Waals surface area contributed by atoms with Gasteiger partial charge in [-0.05, 0) is 36.2 Å². The van der Waals surface area contributed by atoms with Gasteiger partial charge in [0.2, 0.25) is 0 Å². The summed E-state index contributed by atoms with van der Waals surface area (Å²) >= 11 is 0. The van der Waals surface area contributed by atoms with Crippen molar-refractivity contribution in [3.63, 3.8) is 0 Å². The monoisotopic (exact) mass is 143 g/mol. The Labute approximate surface area is 67.2 Å². The van der Waals surface area contributed by atoms with Crippen LogP contribution in [0.3, 0.4) is 0 Å². The second-order valence-electron chi connectivity index (χ2n) is 3.93. The summed E-state index contributed by atoms with van der Waals surface area (Å²) < 4.78 is 0. The van der Waals surface area contributed by atoms with E-state index >= 15 is 0 Å². The van der Waals surface area contributed by atoms with Crippen molar-refractivity contribution in [3.05, 3.63) is 41.8 Å². The standard InChI is InChI=1S/C11H11/c1-2-4-10(5-3-1)11-6-9(7-11)8-11/h1-5H,6-8H2. The van der Waals surface area contributed by atoms with Crippen LogP contribution in [0.15, 0.2) is 30.3 Å². The average molecular weight is 143 g/mol. The van der Waals surface area contributed by atoms with Gasteiger partial charge in [-0.1, -0.05) is 30.3 Å². The van der Waals surface area contributed by atoms with Crippen LogP contribution in [0.5, 0.6) is 0 Å². The number of hydrogen-bond donors (Lipinski definition) is 0. The third-order valence-electron chi connectivity index (χ3n) is 3.15. The predicted octanol–water partition coefficient (Wildman–Crippen LogP) is 2.70. The van der Waals surface area contributed by atoms with Gasteiger partial charge in [0.05, 0.1) is 0 Å². The summed E-state index contributed by atoms with van der Waals surface area (Å²) in [6.07, 6.45) is 4.16. The second-order valence-corrected chi connectivity index (χ2v) is 3.93. The lowest BCUT2D eigenvalue weighted by molar-refractivity contribution is 0.124. The molecule has 3 aliphatic carbocycles. The lowest BCUT2D eigenvalue weighted by atomic mass is 9.42. The first-order chi connectivity index (χ1) is 5.39. The molecule has 0 saturated heterocycles. The van der Waals surface area contributed by atoms with Gasteiger partial charge in [0, 0.05) is 0 Å². The Balaban J connectivity index is 2.00. The zero-order chi connectivity index (χ0) is 7.31. The highest BCUT2D eigenvalue weighted by Gasteiger charge is 2.57. The van der Waals surface area contributed by atoms with Crippen LogP contribution in [0.1, 0.15) is 24.8 Å². The molecule has 0 heterocycles. The molecule has 3 fully saturated rings. The molecule has 0 aliphatic heterocycles.